The van der Waals surface area contributed by atoms with Crippen LogP contribution in [0.15, 0.2) is 60.7 Å². The highest BCUT2D eigenvalue weighted by atomic mass is 35.5. The Bertz CT molecular complexity index is 1010. The van der Waals surface area contributed by atoms with Gasteiger partial charge in [-0.1, -0.05) is 48.4 Å². The Morgan fingerprint density at radius 2 is 1.90 bits per heavy atom. The van der Waals surface area contributed by atoms with Crippen molar-refractivity contribution in [2.24, 2.45) is 0 Å². The molecule has 0 saturated carbocycles. The number of hydrogen-bond acceptors (Lipinski definition) is 3. The molecule has 31 heavy (non-hydrogen) atoms. The number of allylic oxidation sites excluding steroid dienone is 1. The summed E-state index contributed by atoms with van der Waals surface area (Å²) in [4.78, 5) is 16.3. The van der Waals surface area contributed by atoms with Crippen molar-refractivity contribution in [3.8, 4) is 5.75 Å². The number of nitrogens with zero attached hydrogens (tertiary/aromatic N) is 2. The second kappa shape index (κ2) is 12.2. The minimum Gasteiger partial charge on any atom is -0.492 e. The lowest BCUT2D eigenvalue weighted by Crippen LogP contribution is -2.21. The van der Waals surface area contributed by atoms with Crippen LogP contribution in [0.1, 0.15) is 38.4 Å². The van der Waals surface area contributed by atoms with Gasteiger partial charge in [0.2, 0.25) is 5.91 Å². The van der Waals surface area contributed by atoms with Crippen molar-refractivity contribution in [1.82, 2.24) is 14.9 Å². The fourth-order valence-electron chi connectivity index (χ4n) is 3.54. The first kappa shape index (κ1) is 22.9. The lowest BCUT2D eigenvalue weighted by atomic mass is 10.2. The molecule has 0 aliphatic heterocycles. The number of hydrogen-bond donors (Lipinski definition) is 1. The molecular formula is C25H30ClN3O2. The number of aromatic nitrogens is 2. The van der Waals surface area contributed by atoms with Crippen molar-refractivity contribution in [2.45, 2.75) is 45.6 Å². The van der Waals surface area contributed by atoms with Crippen molar-refractivity contribution in [2.75, 3.05) is 13.2 Å². The summed E-state index contributed by atoms with van der Waals surface area (Å²) in [6, 6.07) is 15.8. The summed E-state index contributed by atoms with van der Waals surface area (Å²) < 4.78 is 8.15. The van der Waals surface area contributed by atoms with Crippen molar-refractivity contribution in [3.05, 3.63) is 71.5 Å². The van der Waals surface area contributed by atoms with Crippen molar-refractivity contribution in [3.63, 3.8) is 0 Å². The highest BCUT2D eigenvalue weighted by Crippen LogP contribution is 2.23. The zero-order chi connectivity index (χ0) is 21.9. The van der Waals surface area contributed by atoms with Crippen molar-refractivity contribution < 1.29 is 9.53 Å². The monoisotopic (exact) mass is 439 g/mol. The number of rotatable bonds is 12. The molecule has 0 fully saturated rings. The molecule has 1 N–H and O–H groups in total. The van der Waals surface area contributed by atoms with Crippen molar-refractivity contribution in [1.29, 1.82) is 0 Å². The molecule has 1 amide bonds. The Morgan fingerprint density at radius 1 is 1.10 bits per heavy atom. The molecule has 6 heteroatoms. The van der Waals surface area contributed by atoms with E-state index in [0.29, 0.717) is 18.2 Å². The number of amides is 1. The molecule has 1 heterocycles. The zero-order valence-electron chi connectivity index (χ0n) is 18.0. The van der Waals surface area contributed by atoms with Crippen molar-refractivity contribution >= 4 is 28.5 Å². The van der Waals surface area contributed by atoms with E-state index in [1.807, 2.05) is 37.3 Å². The predicted molar refractivity (Wildman–Crippen MR) is 127 cm³/mol. The summed E-state index contributed by atoms with van der Waals surface area (Å²) in [5, 5.41) is 3.53. The molecule has 2 aromatic carbocycles. The van der Waals surface area contributed by atoms with Gasteiger partial charge >= 0.3 is 0 Å². The van der Waals surface area contributed by atoms with E-state index in [2.05, 4.69) is 28.1 Å². The third-order valence-electron chi connectivity index (χ3n) is 5.05. The number of para-hydroxylation sites is 3. The van der Waals surface area contributed by atoms with E-state index in [9.17, 15) is 4.79 Å². The van der Waals surface area contributed by atoms with E-state index in [1.165, 1.54) is 0 Å². The Balaban J connectivity index is 1.51. The van der Waals surface area contributed by atoms with Gasteiger partial charge in [-0.05, 0) is 56.5 Å². The first-order valence-corrected chi connectivity index (χ1v) is 11.3. The summed E-state index contributed by atoms with van der Waals surface area (Å²) in [7, 11) is 0. The maximum atomic E-state index is 11.4. The van der Waals surface area contributed by atoms with Crippen LogP contribution in [0.5, 0.6) is 5.75 Å². The Labute approximate surface area is 189 Å². The molecular weight excluding hydrogens is 410 g/mol. The molecule has 164 valence electrons. The zero-order valence-corrected chi connectivity index (χ0v) is 18.8. The Morgan fingerprint density at radius 3 is 2.74 bits per heavy atom. The molecule has 0 radical (unpaired) electrons. The maximum absolute atomic E-state index is 11.4. The normalized spacial score (nSPS) is 11.3. The third-order valence-corrected chi connectivity index (χ3v) is 5.36. The van der Waals surface area contributed by atoms with Gasteiger partial charge in [-0.25, -0.2) is 4.98 Å². The number of imidazole rings is 1. The molecule has 0 spiro atoms. The number of fused-ring (bicyclic) bond motifs is 1. The number of benzene rings is 2. The first-order chi connectivity index (χ1) is 15.2. The fraction of sp³-hybridized carbons (Fsp3) is 0.360. The van der Waals surface area contributed by atoms with E-state index >= 15 is 0 Å². The van der Waals surface area contributed by atoms with E-state index in [4.69, 9.17) is 21.3 Å². The highest BCUT2D eigenvalue weighted by Gasteiger charge is 2.10. The fourth-order valence-corrected chi connectivity index (χ4v) is 3.73. The summed E-state index contributed by atoms with van der Waals surface area (Å²) in [6.45, 7) is 3.99. The smallest absolute Gasteiger partial charge is 0.243 e. The highest BCUT2D eigenvalue weighted by molar-refractivity contribution is 6.32. The van der Waals surface area contributed by atoms with E-state index in [-0.39, 0.29) is 5.91 Å². The van der Waals surface area contributed by atoms with Crippen LogP contribution in [-0.4, -0.2) is 28.6 Å². The van der Waals surface area contributed by atoms with Gasteiger partial charge in [-0.15, -0.1) is 0 Å². The van der Waals surface area contributed by atoms with Gasteiger partial charge in [0.25, 0.3) is 0 Å². The summed E-state index contributed by atoms with van der Waals surface area (Å²) >= 11 is 6.17. The molecule has 5 nitrogen and oxygen atoms in total. The molecule has 0 atom stereocenters. The molecule has 3 aromatic rings. The quantitative estimate of drug-likeness (QED) is 0.296. The third kappa shape index (κ3) is 6.86. The van der Waals surface area contributed by atoms with Crippen LogP contribution < -0.4 is 10.1 Å². The number of halogens is 1. The number of unbranched alkanes of at least 4 members (excludes halogenated alkanes) is 2. The molecule has 0 bridgehead atoms. The number of carbonyl (C=O) groups excluding carboxylic acids is 1. The van der Waals surface area contributed by atoms with Crippen LogP contribution in [0.25, 0.3) is 11.0 Å². The van der Waals surface area contributed by atoms with Gasteiger partial charge < -0.3 is 14.6 Å². The largest absolute Gasteiger partial charge is 0.492 e. The van der Waals surface area contributed by atoms with Crippen LogP contribution >= 0.6 is 11.6 Å². The Hall–Kier alpha value is -2.79. The number of nitrogens with one attached hydrogen (secondary N) is 1. The van der Waals surface area contributed by atoms with Crippen LogP contribution in [0, 0.1) is 0 Å². The second-order valence-electron chi connectivity index (χ2n) is 7.40. The average Bonchev–Trinajstić information content (AvgIpc) is 3.12. The molecule has 0 unspecified atom stereocenters. The summed E-state index contributed by atoms with van der Waals surface area (Å²) in [5.41, 5.74) is 2.19. The lowest BCUT2D eigenvalue weighted by Gasteiger charge is -2.11. The number of carbonyl (C=O) groups is 1. The predicted octanol–water partition coefficient (Wildman–Crippen LogP) is 5.56. The number of aryl methyl sites for hydroxylation is 2. The maximum Gasteiger partial charge on any atom is 0.243 e. The molecule has 1 aromatic heterocycles. The number of ether oxygens (including phenoxy) is 1. The summed E-state index contributed by atoms with van der Waals surface area (Å²) in [6.07, 6.45) is 8.15. The minimum atomic E-state index is -0.0247. The minimum absolute atomic E-state index is 0.0247. The van der Waals surface area contributed by atoms with Gasteiger partial charge in [0.05, 0.1) is 22.7 Å². The second-order valence-corrected chi connectivity index (χ2v) is 7.81. The van der Waals surface area contributed by atoms with Gasteiger partial charge in [0.1, 0.15) is 11.6 Å². The topological polar surface area (TPSA) is 56.2 Å². The van der Waals surface area contributed by atoms with Gasteiger partial charge in [0.15, 0.2) is 0 Å². The van der Waals surface area contributed by atoms with Gasteiger partial charge in [0, 0.05) is 19.5 Å². The van der Waals surface area contributed by atoms with Crippen LogP contribution in [-0.2, 0) is 17.8 Å². The molecule has 3 rings (SSSR count). The molecule has 0 saturated heterocycles. The standard InChI is InChI=1S/C25H30ClN3O2/c1-2-11-25(30)27-17-9-3-4-16-24-28-21-13-6-7-14-22(21)29(24)18-10-19-31-23-15-8-5-12-20(23)26/h2,5-8,11-15H,3-4,9-10,16-19H2,1H3,(H,27,30)/b11-2+. The molecule has 0 aliphatic rings. The Kier molecular flexibility index (Phi) is 8.98. The lowest BCUT2D eigenvalue weighted by molar-refractivity contribution is -0.116. The molecule has 0 aliphatic carbocycles. The van der Waals surface area contributed by atoms with Crippen LogP contribution in [0.3, 0.4) is 0 Å². The van der Waals surface area contributed by atoms with E-state index < -0.39 is 0 Å². The summed E-state index contributed by atoms with van der Waals surface area (Å²) in [5.74, 6) is 1.81. The first-order valence-electron chi connectivity index (χ1n) is 10.9. The van der Waals surface area contributed by atoms with Crippen LogP contribution in [0.4, 0.5) is 0 Å². The van der Waals surface area contributed by atoms with Crippen LogP contribution in [0.2, 0.25) is 5.02 Å². The van der Waals surface area contributed by atoms with E-state index in [0.717, 1.165) is 61.3 Å². The van der Waals surface area contributed by atoms with Gasteiger partial charge in [-0.3, -0.25) is 4.79 Å². The SMILES string of the molecule is C/C=C/C(=O)NCCCCCc1nc2ccccc2n1CCCOc1ccccc1Cl. The van der Waals surface area contributed by atoms with Gasteiger partial charge in [-0.2, -0.15) is 0 Å². The van der Waals surface area contributed by atoms with E-state index in [1.54, 1.807) is 12.2 Å². The average molecular weight is 440 g/mol.